The van der Waals surface area contributed by atoms with Crippen molar-refractivity contribution in [2.24, 2.45) is 27.7 Å². The maximum atomic E-state index is 14.0. The Morgan fingerprint density at radius 1 is 0.971 bits per heavy atom. The monoisotopic (exact) mass is 495 g/mol. The zero-order chi connectivity index (χ0) is 23.6. The maximum absolute atomic E-state index is 14.0. The first-order valence-electron chi connectivity index (χ1n) is 10.8. The topological polar surface area (TPSA) is 139 Å². The summed E-state index contributed by atoms with van der Waals surface area (Å²) >= 11 is 0. The summed E-state index contributed by atoms with van der Waals surface area (Å²) in [5.41, 5.74) is 11.7. The summed E-state index contributed by atoms with van der Waals surface area (Å²) in [6, 6.07) is 11.4. The molecule has 0 atom stereocenters. The number of rotatable bonds is 10. The van der Waals surface area contributed by atoms with E-state index in [0.29, 0.717) is 30.4 Å². The highest BCUT2D eigenvalue weighted by atomic mass is 35.5. The van der Waals surface area contributed by atoms with Gasteiger partial charge < -0.3 is 36.3 Å². The van der Waals surface area contributed by atoms with E-state index in [0.717, 1.165) is 44.6 Å². The predicted octanol–water partition coefficient (Wildman–Crippen LogP) is 3.00. The molecule has 0 saturated carbocycles. The fourth-order valence-electron chi connectivity index (χ4n) is 3.70. The van der Waals surface area contributed by atoms with Gasteiger partial charge in [-0.2, -0.15) is 0 Å². The third kappa shape index (κ3) is 7.67. The van der Waals surface area contributed by atoms with Crippen molar-refractivity contribution in [1.29, 1.82) is 0 Å². The zero-order valence-electron chi connectivity index (χ0n) is 18.8. The molecule has 2 aromatic rings. The van der Waals surface area contributed by atoms with Gasteiger partial charge in [-0.1, -0.05) is 10.3 Å². The molecule has 1 aliphatic heterocycles. The van der Waals surface area contributed by atoms with Crippen molar-refractivity contribution in [3.8, 4) is 11.5 Å². The van der Waals surface area contributed by atoms with Crippen LogP contribution in [0, 0.1) is 11.7 Å². The molecular weight excluding hydrogens is 465 g/mol. The SMILES string of the molecule is Cl.NC(=NO)c1ccc(OCCCN2CCC(COc3ccc(C(N)=NO)c(F)c3)CC2)cc1. The molecule has 6 N–H and O–H groups in total. The Balaban J connectivity index is 0.00000408. The van der Waals surface area contributed by atoms with E-state index in [1.807, 2.05) is 0 Å². The number of benzene rings is 2. The van der Waals surface area contributed by atoms with Gasteiger partial charge in [0, 0.05) is 18.2 Å². The number of piperidine rings is 1. The van der Waals surface area contributed by atoms with Crippen molar-refractivity contribution in [2.45, 2.75) is 19.3 Å². The van der Waals surface area contributed by atoms with E-state index in [-0.39, 0.29) is 29.6 Å². The molecule has 0 aliphatic carbocycles. The second kappa shape index (κ2) is 13.5. The molecule has 11 heteroatoms. The van der Waals surface area contributed by atoms with E-state index in [9.17, 15) is 4.39 Å². The Kier molecular flexibility index (Phi) is 10.7. The van der Waals surface area contributed by atoms with E-state index in [4.69, 9.17) is 31.4 Å². The molecule has 2 aromatic carbocycles. The average Bonchev–Trinajstić information content (AvgIpc) is 2.85. The first-order valence-corrected chi connectivity index (χ1v) is 10.8. The molecule has 0 spiro atoms. The molecular formula is C23H31ClFN5O4. The number of oxime groups is 2. The molecule has 0 amide bonds. The van der Waals surface area contributed by atoms with Crippen molar-refractivity contribution >= 4 is 24.1 Å². The van der Waals surface area contributed by atoms with Gasteiger partial charge in [0.1, 0.15) is 17.3 Å². The summed E-state index contributed by atoms with van der Waals surface area (Å²) < 4.78 is 25.6. The Hall–Kier alpha value is -3.24. The van der Waals surface area contributed by atoms with Crippen molar-refractivity contribution in [1.82, 2.24) is 4.90 Å². The lowest BCUT2D eigenvalue weighted by molar-refractivity contribution is 0.135. The van der Waals surface area contributed by atoms with Gasteiger partial charge >= 0.3 is 0 Å². The number of nitrogens with zero attached hydrogens (tertiary/aromatic N) is 3. The van der Waals surface area contributed by atoms with Crippen LogP contribution < -0.4 is 20.9 Å². The highest BCUT2D eigenvalue weighted by molar-refractivity contribution is 5.97. The fourth-order valence-corrected chi connectivity index (χ4v) is 3.70. The molecule has 0 bridgehead atoms. The van der Waals surface area contributed by atoms with Crippen LogP contribution in [0.2, 0.25) is 0 Å². The predicted molar refractivity (Wildman–Crippen MR) is 130 cm³/mol. The Morgan fingerprint density at radius 3 is 2.24 bits per heavy atom. The molecule has 1 heterocycles. The van der Waals surface area contributed by atoms with E-state index in [1.165, 1.54) is 12.1 Å². The minimum atomic E-state index is -0.584. The number of hydrogen-bond donors (Lipinski definition) is 4. The van der Waals surface area contributed by atoms with E-state index in [1.54, 1.807) is 30.3 Å². The van der Waals surface area contributed by atoms with Gasteiger partial charge in [-0.25, -0.2) is 4.39 Å². The second-order valence-electron chi connectivity index (χ2n) is 7.93. The Labute approximate surface area is 204 Å². The van der Waals surface area contributed by atoms with Crippen LogP contribution in [-0.2, 0) is 0 Å². The molecule has 186 valence electrons. The van der Waals surface area contributed by atoms with Crippen LogP contribution in [-0.4, -0.2) is 59.8 Å². The van der Waals surface area contributed by atoms with Gasteiger partial charge in [-0.3, -0.25) is 0 Å². The van der Waals surface area contributed by atoms with Crippen LogP contribution in [0.3, 0.4) is 0 Å². The molecule has 0 aromatic heterocycles. The van der Waals surface area contributed by atoms with Gasteiger partial charge in [0.2, 0.25) is 0 Å². The summed E-state index contributed by atoms with van der Waals surface area (Å²) in [7, 11) is 0. The number of hydrogen-bond acceptors (Lipinski definition) is 7. The van der Waals surface area contributed by atoms with Crippen LogP contribution in [0.15, 0.2) is 52.8 Å². The highest BCUT2D eigenvalue weighted by Crippen LogP contribution is 2.21. The lowest BCUT2D eigenvalue weighted by atomic mass is 9.97. The van der Waals surface area contributed by atoms with Crippen molar-refractivity contribution in [2.75, 3.05) is 32.8 Å². The van der Waals surface area contributed by atoms with Crippen molar-refractivity contribution in [3.63, 3.8) is 0 Å². The minimum Gasteiger partial charge on any atom is -0.494 e. The molecule has 0 unspecified atom stereocenters. The summed E-state index contributed by atoms with van der Waals surface area (Å²) in [5.74, 6) is 0.806. The third-order valence-electron chi connectivity index (χ3n) is 5.66. The van der Waals surface area contributed by atoms with E-state index < -0.39 is 5.82 Å². The third-order valence-corrected chi connectivity index (χ3v) is 5.66. The van der Waals surface area contributed by atoms with Crippen molar-refractivity contribution < 1.29 is 24.3 Å². The van der Waals surface area contributed by atoms with E-state index >= 15 is 0 Å². The fraction of sp³-hybridized carbons (Fsp3) is 0.391. The Bertz CT molecular complexity index is 966. The molecule has 9 nitrogen and oxygen atoms in total. The number of nitrogens with two attached hydrogens (primary N) is 2. The van der Waals surface area contributed by atoms with Crippen LogP contribution >= 0.6 is 12.4 Å². The van der Waals surface area contributed by atoms with Gasteiger partial charge in [0.05, 0.1) is 18.8 Å². The number of ether oxygens (including phenoxy) is 2. The van der Waals surface area contributed by atoms with Crippen molar-refractivity contribution in [3.05, 3.63) is 59.4 Å². The van der Waals surface area contributed by atoms with Crippen LogP contribution in [0.25, 0.3) is 0 Å². The second-order valence-corrected chi connectivity index (χ2v) is 7.93. The molecule has 34 heavy (non-hydrogen) atoms. The van der Waals surface area contributed by atoms with Crippen LogP contribution in [0.1, 0.15) is 30.4 Å². The van der Waals surface area contributed by atoms with Crippen LogP contribution in [0.5, 0.6) is 11.5 Å². The van der Waals surface area contributed by atoms with Gasteiger partial charge in [-0.05, 0) is 74.7 Å². The average molecular weight is 496 g/mol. The molecule has 0 radical (unpaired) electrons. The molecule has 1 fully saturated rings. The largest absolute Gasteiger partial charge is 0.494 e. The highest BCUT2D eigenvalue weighted by Gasteiger charge is 2.20. The van der Waals surface area contributed by atoms with Gasteiger partial charge in [-0.15, -0.1) is 12.4 Å². The summed E-state index contributed by atoms with van der Waals surface area (Å²) in [5, 5.41) is 23.1. The standard InChI is InChI=1S/C23H30FN5O4.ClH/c24-21-14-19(6-7-20(21)23(26)28-31)33-15-16-8-11-29(12-9-16)10-1-13-32-18-4-2-17(3-5-18)22(25)27-30;/h2-7,14,16,30-31H,1,8-13,15H2,(H2,25,27)(H2,26,28);1H. The number of likely N-dealkylation sites (tertiary alicyclic amines) is 1. The van der Waals surface area contributed by atoms with Crippen LogP contribution in [0.4, 0.5) is 4.39 Å². The molecule has 1 aliphatic rings. The summed E-state index contributed by atoms with van der Waals surface area (Å²) in [4.78, 5) is 2.41. The number of amidine groups is 2. The van der Waals surface area contributed by atoms with Gasteiger partial charge in [0.15, 0.2) is 11.7 Å². The minimum absolute atomic E-state index is 0. The summed E-state index contributed by atoms with van der Waals surface area (Å²) in [6.07, 6.45) is 2.94. The summed E-state index contributed by atoms with van der Waals surface area (Å²) in [6.45, 7) is 4.06. The van der Waals surface area contributed by atoms with E-state index in [2.05, 4.69) is 15.2 Å². The molecule has 1 saturated heterocycles. The number of halogens is 2. The lowest BCUT2D eigenvalue weighted by Crippen LogP contribution is -2.36. The quantitative estimate of drug-likeness (QED) is 0.131. The first kappa shape index (κ1) is 27.0. The lowest BCUT2D eigenvalue weighted by Gasteiger charge is -2.31. The van der Waals surface area contributed by atoms with Gasteiger partial charge in [0.25, 0.3) is 0 Å². The normalized spacial score (nSPS) is 15.6. The maximum Gasteiger partial charge on any atom is 0.173 e. The molecule has 3 rings (SSSR count). The first-order chi connectivity index (χ1) is 16.0. The zero-order valence-corrected chi connectivity index (χ0v) is 19.6. The Morgan fingerprint density at radius 2 is 1.62 bits per heavy atom. The smallest absolute Gasteiger partial charge is 0.173 e.